The SMILES string of the molecule is C[n+]1ccsc1N. The van der Waals surface area contributed by atoms with Gasteiger partial charge in [-0.05, 0) is 0 Å². The van der Waals surface area contributed by atoms with Gasteiger partial charge in [0.25, 0.3) is 0 Å². The van der Waals surface area contributed by atoms with Crippen LogP contribution in [0.1, 0.15) is 0 Å². The number of nitrogens with zero attached hydrogens (tertiary/aromatic N) is 1. The molecule has 2 N–H and O–H groups in total. The smallest absolute Gasteiger partial charge is 0.278 e. The first-order valence-corrected chi connectivity index (χ1v) is 2.87. The second kappa shape index (κ2) is 1.50. The van der Waals surface area contributed by atoms with Gasteiger partial charge in [0.05, 0.1) is 7.05 Å². The van der Waals surface area contributed by atoms with E-state index < -0.39 is 0 Å². The number of rotatable bonds is 0. The Morgan fingerprint density at radius 3 is 2.71 bits per heavy atom. The van der Waals surface area contributed by atoms with Gasteiger partial charge in [-0.25, -0.2) is 4.57 Å². The second-order valence-electron chi connectivity index (χ2n) is 1.35. The summed E-state index contributed by atoms with van der Waals surface area (Å²) in [5.74, 6) is 0. The molecule has 0 aliphatic heterocycles. The van der Waals surface area contributed by atoms with E-state index in [1.807, 2.05) is 23.2 Å². The van der Waals surface area contributed by atoms with Gasteiger partial charge in [-0.1, -0.05) is 11.3 Å². The third-order valence-electron chi connectivity index (χ3n) is 0.821. The molecule has 0 aromatic carbocycles. The van der Waals surface area contributed by atoms with Crippen LogP contribution < -0.4 is 10.3 Å². The van der Waals surface area contributed by atoms with E-state index in [-0.39, 0.29) is 0 Å². The van der Waals surface area contributed by atoms with Crippen LogP contribution in [0.15, 0.2) is 11.6 Å². The number of anilines is 1. The molecular weight excluding hydrogens is 108 g/mol. The molecule has 0 atom stereocenters. The molecular formula is C4H7N2S+. The molecule has 1 aromatic rings. The Morgan fingerprint density at radius 1 is 1.86 bits per heavy atom. The highest BCUT2D eigenvalue weighted by Crippen LogP contribution is 1.99. The fraction of sp³-hybridized carbons (Fsp3) is 0.250. The van der Waals surface area contributed by atoms with Crippen LogP contribution in [0.3, 0.4) is 0 Å². The minimum atomic E-state index is 0.847. The minimum absolute atomic E-state index is 0.847. The van der Waals surface area contributed by atoms with Gasteiger partial charge in [0.2, 0.25) is 0 Å². The van der Waals surface area contributed by atoms with Crippen LogP contribution in [0.25, 0.3) is 0 Å². The van der Waals surface area contributed by atoms with Crippen molar-refractivity contribution in [3.8, 4) is 0 Å². The van der Waals surface area contributed by atoms with Crippen LogP contribution in [0.4, 0.5) is 5.13 Å². The second-order valence-corrected chi connectivity index (χ2v) is 2.28. The summed E-state index contributed by atoms with van der Waals surface area (Å²) in [7, 11) is 1.92. The lowest BCUT2D eigenvalue weighted by Crippen LogP contribution is -2.27. The summed E-state index contributed by atoms with van der Waals surface area (Å²) >= 11 is 1.55. The lowest BCUT2D eigenvalue weighted by molar-refractivity contribution is -0.652. The summed E-state index contributed by atoms with van der Waals surface area (Å²) in [6.45, 7) is 0. The number of hydrogen-bond donors (Lipinski definition) is 1. The van der Waals surface area contributed by atoms with Crippen molar-refractivity contribution in [3.63, 3.8) is 0 Å². The van der Waals surface area contributed by atoms with E-state index in [1.165, 1.54) is 0 Å². The number of aryl methyl sites for hydroxylation is 1. The minimum Gasteiger partial charge on any atom is -0.278 e. The molecule has 1 aromatic heterocycles. The van der Waals surface area contributed by atoms with Gasteiger partial charge in [0.15, 0.2) is 0 Å². The normalized spacial score (nSPS) is 9.29. The summed E-state index contributed by atoms with van der Waals surface area (Å²) in [6, 6.07) is 0. The highest BCUT2D eigenvalue weighted by Gasteiger charge is 1.94. The monoisotopic (exact) mass is 115 g/mol. The van der Waals surface area contributed by atoms with Crippen LogP contribution in [-0.2, 0) is 7.05 Å². The van der Waals surface area contributed by atoms with Crippen molar-refractivity contribution >= 4 is 16.5 Å². The lowest BCUT2D eigenvalue weighted by atomic mass is 10.9. The zero-order valence-corrected chi connectivity index (χ0v) is 4.90. The molecule has 0 spiro atoms. The Bertz CT molecular complexity index is 142. The molecule has 2 nitrogen and oxygen atoms in total. The number of aromatic nitrogens is 1. The third kappa shape index (κ3) is 0.718. The molecule has 0 bridgehead atoms. The van der Waals surface area contributed by atoms with Gasteiger partial charge in [0.1, 0.15) is 6.20 Å². The fourth-order valence-electron chi connectivity index (χ4n) is 0.348. The van der Waals surface area contributed by atoms with Crippen molar-refractivity contribution in [1.29, 1.82) is 0 Å². The average molecular weight is 115 g/mol. The van der Waals surface area contributed by atoms with Crippen molar-refractivity contribution < 1.29 is 4.57 Å². The van der Waals surface area contributed by atoms with E-state index in [0.717, 1.165) is 5.13 Å². The van der Waals surface area contributed by atoms with Crippen LogP contribution in [-0.4, -0.2) is 0 Å². The quantitative estimate of drug-likeness (QED) is 0.479. The molecule has 0 fully saturated rings. The van der Waals surface area contributed by atoms with Crippen molar-refractivity contribution in [1.82, 2.24) is 0 Å². The Hall–Kier alpha value is -0.570. The summed E-state index contributed by atoms with van der Waals surface area (Å²) in [5.41, 5.74) is 5.42. The fourth-order valence-corrected chi connectivity index (χ4v) is 0.958. The largest absolute Gasteiger partial charge is 0.331 e. The number of hydrogen-bond acceptors (Lipinski definition) is 2. The Kier molecular flexibility index (Phi) is 0.982. The zero-order chi connectivity index (χ0) is 5.28. The van der Waals surface area contributed by atoms with Crippen molar-refractivity contribution in [2.75, 3.05) is 5.73 Å². The highest BCUT2D eigenvalue weighted by atomic mass is 32.1. The van der Waals surface area contributed by atoms with E-state index in [4.69, 9.17) is 5.73 Å². The molecule has 0 amide bonds. The molecule has 0 saturated heterocycles. The van der Waals surface area contributed by atoms with Gasteiger partial charge < -0.3 is 0 Å². The Labute approximate surface area is 46.2 Å². The Morgan fingerprint density at radius 2 is 2.57 bits per heavy atom. The molecule has 0 aliphatic carbocycles. The molecule has 1 rings (SSSR count). The maximum atomic E-state index is 5.42. The zero-order valence-electron chi connectivity index (χ0n) is 4.09. The molecule has 7 heavy (non-hydrogen) atoms. The van der Waals surface area contributed by atoms with E-state index >= 15 is 0 Å². The molecule has 0 unspecified atom stereocenters. The predicted octanol–water partition coefficient (Wildman–Crippen LogP) is 0.155. The standard InChI is InChI=1S/C4H6N2S/c1-6-2-3-7-4(6)5/h2-3,5H,1H3/p+1. The maximum absolute atomic E-state index is 5.42. The van der Waals surface area contributed by atoms with Gasteiger partial charge >= 0.3 is 5.13 Å². The molecule has 38 valence electrons. The maximum Gasteiger partial charge on any atom is 0.331 e. The van der Waals surface area contributed by atoms with E-state index in [9.17, 15) is 0 Å². The van der Waals surface area contributed by atoms with Crippen LogP contribution in [0, 0.1) is 0 Å². The number of thiazole rings is 1. The van der Waals surface area contributed by atoms with Crippen LogP contribution in [0.5, 0.6) is 0 Å². The first-order valence-electron chi connectivity index (χ1n) is 1.99. The summed E-state index contributed by atoms with van der Waals surface area (Å²) in [4.78, 5) is 0. The molecule has 0 aliphatic rings. The average Bonchev–Trinajstić information content (AvgIpc) is 1.91. The van der Waals surface area contributed by atoms with E-state index in [1.54, 1.807) is 11.3 Å². The van der Waals surface area contributed by atoms with E-state index in [0.29, 0.717) is 0 Å². The van der Waals surface area contributed by atoms with Gasteiger partial charge in [-0.3, -0.25) is 5.73 Å². The van der Waals surface area contributed by atoms with Crippen molar-refractivity contribution in [2.24, 2.45) is 7.05 Å². The van der Waals surface area contributed by atoms with Crippen LogP contribution in [0.2, 0.25) is 0 Å². The van der Waals surface area contributed by atoms with Crippen LogP contribution >= 0.6 is 11.3 Å². The van der Waals surface area contributed by atoms with Gasteiger partial charge in [-0.2, -0.15) is 0 Å². The Balaban J connectivity index is 3.12. The summed E-state index contributed by atoms with van der Waals surface area (Å²) < 4.78 is 1.88. The lowest BCUT2D eigenvalue weighted by Gasteiger charge is -1.77. The van der Waals surface area contributed by atoms with Crippen molar-refractivity contribution in [2.45, 2.75) is 0 Å². The number of nitrogen functional groups attached to an aromatic ring is 1. The van der Waals surface area contributed by atoms with E-state index in [2.05, 4.69) is 0 Å². The molecule has 0 saturated carbocycles. The topological polar surface area (TPSA) is 29.9 Å². The molecule has 3 heteroatoms. The highest BCUT2D eigenvalue weighted by molar-refractivity contribution is 7.12. The van der Waals surface area contributed by atoms with Gasteiger partial charge in [-0.15, -0.1) is 0 Å². The van der Waals surface area contributed by atoms with Gasteiger partial charge in [0, 0.05) is 5.38 Å². The number of nitrogens with two attached hydrogens (primary N) is 1. The third-order valence-corrected chi connectivity index (χ3v) is 1.61. The summed E-state index contributed by atoms with van der Waals surface area (Å²) in [6.07, 6.45) is 1.93. The first-order chi connectivity index (χ1) is 3.30. The summed E-state index contributed by atoms with van der Waals surface area (Å²) in [5, 5.41) is 2.80. The van der Waals surface area contributed by atoms with Crippen molar-refractivity contribution in [3.05, 3.63) is 11.6 Å². The molecule has 0 radical (unpaired) electrons. The predicted molar refractivity (Wildman–Crippen MR) is 29.9 cm³/mol. The molecule has 1 heterocycles. The first kappa shape index (κ1) is 4.59.